The molecule has 0 spiro atoms. The Kier molecular flexibility index (Phi) is 19.6. The topological polar surface area (TPSA) is 6.48 Å². The SMILES string of the molecule is c1ccc(-c2ccc(-c3ccc(N(c4ccc5c(c4)C(c4ccccc4)(c4ccccc4)c4ccccc4-5)c4cccc5c4-c4ccccc4C5(c4ccccc4)c4ccccc4)cc3)cc2)cc1.c1ccc(C2(c3ccccc3)c3ccccc3-c3ccc(N(c4ccc5c6ccccc6c6ccccc6c5c4)c4cccc5c4-c4ccccc4C5(c4ccccc4)c4ccccc4)cc32)cc1. The van der Waals surface area contributed by atoms with Gasteiger partial charge in [0.25, 0.3) is 0 Å². The zero-order chi connectivity index (χ0) is 91.3. The average molecular weight is 1750 g/mol. The molecule has 4 aliphatic carbocycles. The summed E-state index contributed by atoms with van der Waals surface area (Å²) in [5.41, 5.74) is 39.5. The van der Waals surface area contributed by atoms with Crippen molar-refractivity contribution >= 4 is 66.4 Å². The summed E-state index contributed by atoms with van der Waals surface area (Å²) in [7, 11) is 0. The van der Waals surface area contributed by atoms with Crippen molar-refractivity contribution in [2.75, 3.05) is 9.80 Å². The highest BCUT2D eigenvalue weighted by Gasteiger charge is 2.52. The fourth-order valence-electron chi connectivity index (χ4n) is 24.6. The van der Waals surface area contributed by atoms with Gasteiger partial charge in [0.2, 0.25) is 0 Å². The van der Waals surface area contributed by atoms with Gasteiger partial charge in [0, 0.05) is 33.9 Å². The Bertz CT molecular complexity index is 8390. The van der Waals surface area contributed by atoms with E-state index in [1.807, 2.05) is 0 Å². The van der Waals surface area contributed by atoms with Crippen molar-refractivity contribution in [3.05, 3.63) is 647 Å². The van der Waals surface area contributed by atoms with Crippen LogP contribution in [0, 0.1) is 0 Å². The third-order valence-corrected chi connectivity index (χ3v) is 30.2. The lowest BCUT2D eigenvalue weighted by Crippen LogP contribution is -2.29. The molecule has 0 atom stereocenters. The second kappa shape index (κ2) is 33.3. The van der Waals surface area contributed by atoms with Crippen LogP contribution in [0.15, 0.2) is 558 Å². The van der Waals surface area contributed by atoms with Gasteiger partial charge in [0.05, 0.1) is 33.0 Å². The molecule has 4 aliphatic rings. The maximum Gasteiger partial charge on any atom is 0.0714 e. The first-order valence-corrected chi connectivity index (χ1v) is 48.1. The molecule has 138 heavy (non-hydrogen) atoms. The molecule has 0 unspecified atom stereocenters. The molecular formula is C136H92N2. The molecule has 0 saturated heterocycles. The molecule has 0 bridgehead atoms. The summed E-state index contributed by atoms with van der Waals surface area (Å²) in [4.78, 5) is 5.09. The first-order valence-electron chi connectivity index (χ1n) is 48.1. The van der Waals surface area contributed by atoms with Crippen molar-refractivity contribution in [2.24, 2.45) is 0 Å². The van der Waals surface area contributed by atoms with Gasteiger partial charge in [-0.05, 0) is 238 Å². The van der Waals surface area contributed by atoms with Crippen LogP contribution in [-0.4, -0.2) is 0 Å². The molecule has 0 aliphatic heterocycles. The Morgan fingerprint density at radius 2 is 0.341 bits per heavy atom. The number of rotatable bonds is 16. The quantitative estimate of drug-likeness (QED) is 0.0890. The van der Waals surface area contributed by atoms with E-state index in [0.717, 1.165) is 34.1 Å². The number of nitrogens with zero attached hydrogens (tertiary/aromatic N) is 2. The highest BCUT2D eigenvalue weighted by molar-refractivity contribution is 6.26. The van der Waals surface area contributed by atoms with Gasteiger partial charge in [-0.25, -0.2) is 0 Å². The molecule has 2 heteroatoms. The highest BCUT2D eigenvalue weighted by atomic mass is 15.2. The van der Waals surface area contributed by atoms with Crippen LogP contribution in [0.2, 0.25) is 0 Å². The zero-order valence-electron chi connectivity index (χ0n) is 76.0. The number of anilines is 6. The molecule has 2 nitrogen and oxygen atoms in total. The van der Waals surface area contributed by atoms with E-state index in [9.17, 15) is 0 Å². The van der Waals surface area contributed by atoms with Gasteiger partial charge >= 0.3 is 0 Å². The van der Waals surface area contributed by atoms with Gasteiger partial charge in [-0.2, -0.15) is 0 Å². The molecule has 0 heterocycles. The summed E-state index contributed by atoms with van der Waals surface area (Å²) in [6.07, 6.45) is 0. The van der Waals surface area contributed by atoms with Gasteiger partial charge in [-0.1, -0.05) is 497 Å². The number of fused-ring (bicyclic) bond motifs is 18. The molecule has 0 radical (unpaired) electrons. The van der Waals surface area contributed by atoms with Crippen molar-refractivity contribution in [2.45, 2.75) is 21.7 Å². The average Bonchev–Trinajstić information content (AvgIpc) is 1.54. The van der Waals surface area contributed by atoms with Crippen LogP contribution < -0.4 is 9.80 Å². The molecule has 27 rings (SSSR count). The largest absolute Gasteiger partial charge is 0.310 e. The Hall–Kier alpha value is -17.6. The van der Waals surface area contributed by atoms with Gasteiger partial charge < -0.3 is 9.80 Å². The summed E-state index contributed by atoms with van der Waals surface area (Å²) < 4.78 is 0. The van der Waals surface area contributed by atoms with E-state index in [1.165, 1.54) is 188 Å². The molecule has 23 aromatic rings. The minimum absolute atomic E-state index is 0.540. The Balaban J connectivity index is 0.000000143. The third-order valence-electron chi connectivity index (χ3n) is 30.2. The van der Waals surface area contributed by atoms with E-state index in [0.29, 0.717) is 0 Å². The van der Waals surface area contributed by atoms with Crippen molar-refractivity contribution in [3.8, 4) is 66.8 Å². The van der Waals surface area contributed by atoms with Crippen LogP contribution in [0.4, 0.5) is 34.1 Å². The van der Waals surface area contributed by atoms with Crippen LogP contribution in [0.3, 0.4) is 0 Å². The van der Waals surface area contributed by atoms with E-state index < -0.39 is 21.7 Å². The third kappa shape index (κ3) is 12.4. The smallest absolute Gasteiger partial charge is 0.0714 e. The first-order chi connectivity index (χ1) is 68.5. The fourth-order valence-corrected chi connectivity index (χ4v) is 24.6. The van der Waals surface area contributed by atoms with E-state index >= 15 is 0 Å². The van der Waals surface area contributed by atoms with Crippen LogP contribution in [0.25, 0.3) is 99.1 Å². The predicted octanol–water partition coefficient (Wildman–Crippen LogP) is 34.6. The van der Waals surface area contributed by atoms with Crippen LogP contribution in [-0.2, 0) is 21.7 Å². The molecule has 0 aromatic heterocycles. The van der Waals surface area contributed by atoms with Crippen molar-refractivity contribution in [3.63, 3.8) is 0 Å². The molecule has 23 aromatic carbocycles. The zero-order valence-corrected chi connectivity index (χ0v) is 76.0. The van der Waals surface area contributed by atoms with Crippen molar-refractivity contribution in [1.29, 1.82) is 0 Å². The summed E-state index contributed by atoms with van der Waals surface area (Å²) in [5, 5.41) is 7.54. The molecule has 0 amide bonds. The van der Waals surface area contributed by atoms with E-state index in [-0.39, 0.29) is 0 Å². The van der Waals surface area contributed by atoms with Gasteiger partial charge in [-0.3, -0.25) is 0 Å². The summed E-state index contributed by atoms with van der Waals surface area (Å²) in [6.45, 7) is 0. The number of benzene rings is 23. The second-order valence-electron chi connectivity index (χ2n) is 37.0. The minimum atomic E-state index is -0.560. The maximum atomic E-state index is 2.56. The molecule has 0 fully saturated rings. The summed E-state index contributed by atoms with van der Waals surface area (Å²) in [6, 6.07) is 208. The molecule has 646 valence electrons. The summed E-state index contributed by atoms with van der Waals surface area (Å²) in [5.74, 6) is 0. The lowest BCUT2D eigenvalue weighted by molar-refractivity contribution is 0.768. The second-order valence-corrected chi connectivity index (χ2v) is 37.0. The molecule has 0 saturated carbocycles. The summed E-state index contributed by atoms with van der Waals surface area (Å²) >= 11 is 0. The van der Waals surface area contributed by atoms with Crippen LogP contribution in [0.1, 0.15) is 89.0 Å². The Labute approximate surface area is 806 Å². The fraction of sp³-hybridized carbons (Fsp3) is 0.0294. The Morgan fingerprint density at radius 1 is 0.123 bits per heavy atom. The Morgan fingerprint density at radius 3 is 0.681 bits per heavy atom. The van der Waals surface area contributed by atoms with Crippen LogP contribution in [0.5, 0.6) is 0 Å². The molecule has 0 N–H and O–H groups in total. The highest BCUT2D eigenvalue weighted by Crippen LogP contribution is 2.65. The van der Waals surface area contributed by atoms with Crippen molar-refractivity contribution in [1.82, 2.24) is 0 Å². The van der Waals surface area contributed by atoms with Gasteiger partial charge in [0.15, 0.2) is 0 Å². The van der Waals surface area contributed by atoms with Gasteiger partial charge in [-0.15, -0.1) is 0 Å². The van der Waals surface area contributed by atoms with Crippen molar-refractivity contribution < 1.29 is 0 Å². The standard InChI is InChI=1S/C68H45N.C68H47N/c1-5-22-46(23-6-1)67(47-24-7-2-8-25-47)62-37-20-18-35-59(62)66-63(67)38-21-39-65(66)69(50-40-42-56-54-32-14-13-30-52(54)53-31-15-16-33-55(53)60(56)44-50)51-41-43-58-57-34-17-19-36-61(57)68(64(58)45-51,48-26-9-3-10-27-48)49-28-11-4-12-29-49;1-6-21-48(22-7-1)49-37-39-50(40-38-49)51-41-43-56(44-42-51)69(57-45-46-59-58-31-16-18-33-61(58)68(64(59)47-57,54-27-12-4-13-28-54)55-29-14-5-15-30-55)65-36-20-35-63-66(65)60-32-17-19-34-62(60)67(63,52-23-8-2-9-24-52)53-25-10-3-11-26-53/h1-45H;1-47H. The van der Waals surface area contributed by atoms with E-state index in [2.05, 4.69) is 568 Å². The lowest BCUT2D eigenvalue weighted by Gasteiger charge is -2.35. The maximum absolute atomic E-state index is 2.56. The van der Waals surface area contributed by atoms with E-state index in [4.69, 9.17) is 0 Å². The lowest BCUT2D eigenvalue weighted by atomic mass is 9.67. The predicted molar refractivity (Wildman–Crippen MR) is 575 cm³/mol. The normalized spacial score (nSPS) is 13.6. The van der Waals surface area contributed by atoms with E-state index in [1.54, 1.807) is 0 Å². The number of hydrogen-bond acceptors (Lipinski definition) is 2. The van der Waals surface area contributed by atoms with Crippen LogP contribution >= 0.6 is 0 Å². The van der Waals surface area contributed by atoms with Gasteiger partial charge in [0.1, 0.15) is 0 Å². The number of hydrogen-bond donors (Lipinski definition) is 0. The minimum Gasteiger partial charge on any atom is -0.310 e. The first kappa shape index (κ1) is 81.2. The molecular weight excluding hydrogens is 1660 g/mol. The monoisotopic (exact) mass is 1750 g/mol.